The second kappa shape index (κ2) is 9.75. The van der Waals surface area contributed by atoms with Crippen LogP contribution < -0.4 is 16.0 Å². The van der Waals surface area contributed by atoms with Gasteiger partial charge in [0.15, 0.2) is 0 Å². The lowest BCUT2D eigenvalue weighted by molar-refractivity contribution is -0.116. The molecule has 0 aliphatic carbocycles. The van der Waals surface area contributed by atoms with E-state index < -0.39 is 0 Å². The summed E-state index contributed by atoms with van der Waals surface area (Å²) >= 11 is 5.98. The fraction of sp³-hybridized carbons (Fsp3) is 0.500. The Morgan fingerprint density at radius 1 is 1.39 bits per heavy atom. The van der Waals surface area contributed by atoms with E-state index in [1.165, 1.54) is 0 Å². The minimum Gasteiger partial charge on any atom is -0.352 e. The SMILES string of the molecule is CCCNC(=O)c1ccc(Cl)cc1NC(=O)CC1CCCN1.Cl. The number of nitrogens with one attached hydrogen (secondary N) is 3. The quantitative estimate of drug-likeness (QED) is 0.731. The Balaban J connectivity index is 0.00000264. The molecule has 7 heteroatoms. The van der Waals surface area contributed by atoms with Crippen LogP contribution in [0.25, 0.3) is 0 Å². The Hall–Kier alpha value is -1.30. The molecule has 2 amide bonds. The third kappa shape index (κ3) is 6.01. The molecule has 1 saturated heterocycles. The highest BCUT2D eigenvalue weighted by molar-refractivity contribution is 6.31. The van der Waals surface area contributed by atoms with Crippen LogP contribution in [0.5, 0.6) is 0 Å². The van der Waals surface area contributed by atoms with Crippen molar-refractivity contribution in [3.63, 3.8) is 0 Å². The van der Waals surface area contributed by atoms with Gasteiger partial charge in [0.1, 0.15) is 0 Å². The molecule has 3 N–H and O–H groups in total. The molecule has 1 aliphatic heterocycles. The molecule has 1 unspecified atom stereocenters. The highest BCUT2D eigenvalue weighted by Crippen LogP contribution is 2.22. The summed E-state index contributed by atoms with van der Waals surface area (Å²) in [5.41, 5.74) is 0.898. The van der Waals surface area contributed by atoms with Gasteiger partial charge in [0.2, 0.25) is 5.91 Å². The van der Waals surface area contributed by atoms with Gasteiger partial charge in [-0.05, 0) is 44.0 Å². The molecule has 0 radical (unpaired) electrons. The van der Waals surface area contributed by atoms with Gasteiger partial charge in [-0.3, -0.25) is 9.59 Å². The summed E-state index contributed by atoms with van der Waals surface area (Å²) in [4.78, 5) is 24.3. The Morgan fingerprint density at radius 3 is 2.83 bits per heavy atom. The first-order valence-corrected chi connectivity index (χ1v) is 8.09. The van der Waals surface area contributed by atoms with Gasteiger partial charge in [0.25, 0.3) is 5.91 Å². The van der Waals surface area contributed by atoms with E-state index in [1.807, 2.05) is 6.92 Å². The normalized spacial score (nSPS) is 16.5. The van der Waals surface area contributed by atoms with Crippen LogP contribution >= 0.6 is 24.0 Å². The van der Waals surface area contributed by atoms with E-state index in [4.69, 9.17) is 11.6 Å². The summed E-state index contributed by atoms with van der Waals surface area (Å²) in [7, 11) is 0. The van der Waals surface area contributed by atoms with Crippen molar-refractivity contribution in [1.29, 1.82) is 0 Å². The van der Waals surface area contributed by atoms with Crippen molar-refractivity contribution < 1.29 is 9.59 Å². The molecule has 0 spiro atoms. The van der Waals surface area contributed by atoms with E-state index >= 15 is 0 Å². The molecule has 0 bridgehead atoms. The largest absolute Gasteiger partial charge is 0.352 e. The first kappa shape index (κ1) is 19.7. The maximum absolute atomic E-state index is 12.1. The average molecular weight is 360 g/mol. The lowest BCUT2D eigenvalue weighted by atomic mass is 10.1. The minimum atomic E-state index is -0.201. The highest BCUT2D eigenvalue weighted by atomic mass is 35.5. The Kier molecular flexibility index (Phi) is 8.37. The van der Waals surface area contributed by atoms with Crippen LogP contribution in [0.1, 0.15) is 43.0 Å². The molecule has 1 atom stereocenters. The number of carbonyl (C=O) groups excluding carboxylic acids is 2. The van der Waals surface area contributed by atoms with E-state index in [-0.39, 0.29) is 30.3 Å². The summed E-state index contributed by atoms with van der Waals surface area (Å²) < 4.78 is 0. The third-order valence-electron chi connectivity index (χ3n) is 3.63. The number of halogens is 2. The molecule has 1 heterocycles. The Morgan fingerprint density at radius 2 is 2.17 bits per heavy atom. The van der Waals surface area contributed by atoms with Crippen LogP contribution in [0.15, 0.2) is 18.2 Å². The topological polar surface area (TPSA) is 70.2 Å². The number of rotatable bonds is 6. The number of hydrogen-bond donors (Lipinski definition) is 3. The molecular weight excluding hydrogens is 337 g/mol. The molecule has 128 valence electrons. The van der Waals surface area contributed by atoms with Crippen molar-refractivity contribution in [3.8, 4) is 0 Å². The van der Waals surface area contributed by atoms with Crippen molar-refractivity contribution >= 4 is 41.5 Å². The van der Waals surface area contributed by atoms with E-state index in [2.05, 4.69) is 16.0 Å². The van der Waals surface area contributed by atoms with Gasteiger partial charge in [-0.2, -0.15) is 0 Å². The first-order chi connectivity index (χ1) is 10.6. The molecule has 1 aromatic rings. The van der Waals surface area contributed by atoms with Crippen molar-refractivity contribution in [1.82, 2.24) is 10.6 Å². The summed E-state index contributed by atoms with van der Waals surface area (Å²) in [6, 6.07) is 5.12. The summed E-state index contributed by atoms with van der Waals surface area (Å²) in [6.45, 7) is 3.54. The minimum absolute atomic E-state index is 0. The Bertz CT molecular complexity index is 546. The molecular formula is C16H23Cl2N3O2. The average Bonchev–Trinajstić information content (AvgIpc) is 2.97. The number of amides is 2. The van der Waals surface area contributed by atoms with Crippen LogP contribution in [0.2, 0.25) is 5.02 Å². The van der Waals surface area contributed by atoms with Crippen LogP contribution in [0.4, 0.5) is 5.69 Å². The summed E-state index contributed by atoms with van der Waals surface area (Å²) in [5, 5.41) is 9.39. The summed E-state index contributed by atoms with van der Waals surface area (Å²) in [5.74, 6) is -0.306. The number of carbonyl (C=O) groups is 2. The van der Waals surface area contributed by atoms with Crippen molar-refractivity contribution in [2.24, 2.45) is 0 Å². The maximum Gasteiger partial charge on any atom is 0.253 e. The molecule has 23 heavy (non-hydrogen) atoms. The molecule has 1 aromatic carbocycles. The highest BCUT2D eigenvalue weighted by Gasteiger charge is 2.19. The van der Waals surface area contributed by atoms with Crippen molar-refractivity contribution in [3.05, 3.63) is 28.8 Å². The van der Waals surface area contributed by atoms with Crippen LogP contribution in [0, 0.1) is 0 Å². The van der Waals surface area contributed by atoms with E-state index in [0.717, 1.165) is 25.8 Å². The van der Waals surface area contributed by atoms with Gasteiger partial charge in [0, 0.05) is 24.0 Å². The number of hydrogen-bond acceptors (Lipinski definition) is 3. The van der Waals surface area contributed by atoms with E-state index in [1.54, 1.807) is 18.2 Å². The van der Waals surface area contributed by atoms with Gasteiger partial charge in [0.05, 0.1) is 11.3 Å². The van der Waals surface area contributed by atoms with E-state index in [0.29, 0.717) is 29.2 Å². The van der Waals surface area contributed by atoms with E-state index in [9.17, 15) is 9.59 Å². The molecule has 0 saturated carbocycles. The second-order valence-corrected chi connectivity index (χ2v) is 5.93. The van der Waals surface area contributed by atoms with Crippen LogP contribution in [-0.2, 0) is 4.79 Å². The molecule has 0 aromatic heterocycles. The zero-order valence-electron chi connectivity index (χ0n) is 13.2. The van der Waals surface area contributed by atoms with Crippen LogP contribution in [-0.4, -0.2) is 30.9 Å². The monoisotopic (exact) mass is 359 g/mol. The van der Waals surface area contributed by atoms with Gasteiger partial charge in [-0.15, -0.1) is 12.4 Å². The van der Waals surface area contributed by atoms with Gasteiger partial charge >= 0.3 is 0 Å². The predicted octanol–water partition coefficient (Wildman–Crippen LogP) is 2.98. The molecule has 2 rings (SSSR count). The zero-order valence-corrected chi connectivity index (χ0v) is 14.7. The van der Waals surface area contributed by atoms with Crippen molar-refractivity contribution in [2.75, 3.05) is 18.4 Å². The maximum atomic E-state index is 12.1. The standard InChI is InChI=1S/C16H22ClN3O2.ClH/c1-2-7-19-16(22)13-6-5-11(17)9-14(13)20-15(21)10-12-4-3-8-18-12;/h5-6,9,12,18H,2-4,7-8,10H2,1H3,(H,19,22)(H,20,21);1H. The predicted molar refractivity (Wildman–Crippen MR) is 95.6 cm³/mol. The molecule has 1 aliphatic rings. The molecule has 1 fully saturated rings. The lowest BCUT2D eigenvalue weighted by Gasteiger charge is -2.14. The van der Waals surface area contributed by atoms with Gasteiger partial charge in [-0.1, -0.05) is 18.5 Å². The second-order valence-electron chi connectivity index (χ2n) is 5.49. The van der Waals surface area contributed by atoms with Crippen LogP contribution in [0.3, 0.4) is 0 Å². The fourth-order valence-electron chi connectivity index (χ4n) is 2.51. The smallest absolute Gasteiger partial charge is 0.253 e. The first-order valence-electron chi connectivity index (χ1n) is 7.71. The van der Waals surface area contributed by atoms with Gasteiger partial charge in [-0.25, -0.2) is 0 Å². The zero-order chi connectivity index (χ0) is 15.9. The lowest BCUT2D eigenvalue weighted by Crippen LogP contribution is -2.29. The fourth-order valence-corrected chi connectivity index (χ4v) is 2.68. The molecule has 5 nitrogen and oxygen atoms in total. The Labute approximate surface area is 148 Å². The number of benzene rings is 1. The van der Waals surface area contributed by atoms with Gasteiger partial charge < -0.3 is 16.0 Å². The van der Waals surface area contributed by atoms with Crippen molar-refractivity contribution in [2.45, 2.75) is 38.6 Å². The number of anilines is 1. The third-order valence-corrected chi connectivity index (χ3v) is 3.87. The summed E-state index contributed by atoms with van der Waals surface area (Å²) in [6.07, 6.45) is 3.36.